The van der Waals surface area contributed by atoms with Crippen LogP contribution in [0.1, 0.15) is 15.9 Å². The minimum Gasteiger partial charge on any atom is -0.405 e. The van der Waals surface area contributed by atoms with Gasteiger partial charge >= 0.3 is 6.36 Å². The van der Waals surface area contributed by atoms with Crippen LogP contribution in [0.4, 0.5) is 19.1 Å². The van der Waals surface area contributed by atoms with Gasteiger partial charge in [-0.05, 0) is 29.8 Å². The van der Waals surface area contributed by atoms with E-state index in [1.807, 2.05) is 30.3 Å². The van der Waals surface area contributed by atoms with Crippen LogP contribution in [0.3, 0.4) is 0 Å². The minimum atomic E-state index is -4.95. The molecule has 2 aromatic carbocycles. The number of aromatic nitrogens is 4. The smallest absolute Gasteiger partial charge is 0.405 e. The van der Waals surface area contributed by atoms with Crippen molar-refractivity contribution in [1.82, 2.24) is 19.7 Å². The van der Waals surface area contributed by atoms with Crippen LogP contribution in [0.5, 0.6) is 5.75 Å². The van der Waals surface area contributed by atoms with Gasteiger partial charge in [0.15, 0.2) is 0 Å². The zero-order valence-electron chi connectivity index (χ0n) is 16.5. The third-order valence-corrected chi connectivity index (χ3v) is 4.33. The van der Waals surface area contributed by atoms with E-state index in [1.165, 1.54) is 18.2 Å². The Kier molecular flexibility index (Phi) is 5.84. The number of nitrogens with zero attached hydrogens (tertiary/aromatic N) is 4. The van der Waals surface area contributed by atoms with Gasteiger partial charge in [0.1, 0.15) is 11.4 Å². The maximum Gasteiger partial charge on any atom is 0.573 e. The number of hydrogen-bond donors (Lipinski definition) is 1. The van der Waals surface area contributed by atoms with Gasteiger partial charge in [-0.2, -0.15) is 9.67 Å². The maximum atomic E-state index is 13.2. The Hall–Kier alpha value is -4.21. The predicted octanol–water partition coefficient (Wildman–Crippen LogP) is 4.54. The van der Waals surface area contributed by atoms with Crippen LogP contribution in [-0.2, 0) is 6.54 Å². The van der Waals surface area contributed by atoms with Crippen molar-refractivity contribution in [3.05, 3.63) is 90.1 Å². The highest BCUT2D eigenvalue weighted by atomic mass is 19.4. The van der Waals surface area contributed by atoms with E-state index in [0.717, 1.165) is 16.3 Å². The third kappa shape index (κ3) is 4.91. The highest BCUT2D eigenvalue weighted by Crippen LogP contribution is 2.28. The average Bonchev–Trinajstić information content (AvgIpc) is 3.22. The van der Waals surface area contributed by atoms with Crippen LogP contribution >= 0.6 is 0 Å². The topological polar surface area (TPSA) is 81.9 Å². The van der Waals surface area contributed by atoms with Crippen LogP contribution in [-0.4, -0.2) is 32.0 Å². The molecule has 0 atom stereocenters. The lowest BCUT2D eigenvalue weighted by atomic mass is 10.2. The van der Waals surface area contributed by atoms with Crippen molar-refractivity contribution in [2.75, 3.05) is 5.32 Å². The van der Waals surface area contributed by atoms with Gasteiger partial charge in [0.05, 0.1) is 5.56 Å². The van der Waals surface area contributed by atoms with E-state index in [-0.39, 0.29) is 17.3 Å². The number of ether oxygens (including phenoxy) is 1. The molecule has 0 spiro atoms. The van der Waals surface area contributed by atoms with Crippen molar-refractivity contribution in [2.45, 2.75) is 12.9 Å². The summed E-state index contributed by atoms with van der Waals surface area (Å²) in [5.74, 6) is -1.27. The van der Waals surface area contributed by atoms with Gasteiger partial charge in [0.25, 0.3) is 5.91 Å². The summed E-state index contributed by atoms with van der Waals surface area (Å²) in [6.45, 7) is 0.315. The molecule has 2 aromatic heterocycles. The van der Waals surface area contributed by atoms with Gasteiger partial charge in [-0.3, -0.25) is 9.78 Å². The number of para-hydroxylation sites is 1. The second-order valence-corrected chi connectivity index (χ2v) is 6.57. The van der Waals surface area contributed by atoms with Gasteiger partial charge in [0, 0.05) is 12.7 Å². The molecule has 0 saturated heterocycles. The SMILES string of the molecule is O=C(c1ccccc1OC(F)(F)F)n1nc(-c2ccccn2)nc1NCc1ccccc1. The normalized spacial score (nSPS) is 11.2. The van der Waals surface area contributed by atoms with Gasteiger partial charge in [-0.15, -0.1) is 18.3 Å². The Bertz CT molecular complexity index is 1210. The molecule has 162 valence electrons. The first-order valence-corrected chi connectivity index (χ1v) is 9.46. The van der Waals surface area contributed by atoms with E-state index in [4.69, 9.17) is 0 Å². The second kappa shape index (κ2) is 8.88. The molecule has 10 heteroatoms. The van der Waals surface area contributed by atoms with Crippen molar-refractivity contribution in [2.24, 2.45) is 0 Å². The maximum absolute atomic E-state index is 13.2. The molecule has 0 bridgehead atoms. The molecule has 7 nitrogen and oxygen atoms in total. The Morgan fingerprint density at radius 2 is 1.69 bits per heavy atom. The van der Waals surface area contributed by atoms with E-state index < -0.39 is 18.0 Å². The van der Waals surface area contributed by atoms with Crippen LogP contribution in [0.2, 0.25) is 0 Å². The summed E-state index contributed by atoms with van der Waals surface area (Å²) in [7, 11) is 0. The van der Waals surface area contributed by atoms with Crippen LogP contribution in [0, 0.1) is 0 Å². The summed E-state index contributed by atoms with van der Waals surface area (Å²) < 4.78 is 43.4. The fourth-order valence-corrected chi connectivity index (χ4v) is 2.92. The summed E-state index contributed by atoms with van der Waals surface area (Å²) in [4.78, 5) is 21.7. The van der Waals surface area contributed by atoms with Crippen LogP contribution in [0.25, 0.3) is 11.5 Å². The molecule has 4 aromatic rings. The third-order valence-electron chi connectivity index (χ3n) is 4.33. The molecule has 2 heterocycles. The number of pyridine rings is 1. The number of carbonyl (C=O) groups is 1. The van der Waals surface area contributed by atoms with Gasteiger partial charge in [-0.25, -0.2) is 0 Å². The molecule has 0 radical (unpaired) electrons. The van der Waals surface area contributed by atoms with Crippen LogP contribution < -0.4 is 10.1 Å². The molecule has 4 rings (SSSR count). The molecule has 0 amide bonds. The molecule has 0 saturated carbocycles. The molecule has 0 aliphatic carbocycles. The number of benzene rings is 2. The summed E-state index contributed by atoms with van der Waals surface area (Å²) in [6.07, 6.45) is -3.41. The summed E-state index contributed by atoms with van der Waals surface area (Å²) in [5, 5.41) is 7.22. The highest BCUT2D eigenvalue weighted by molar-refractivity contribution is 5.99. The lowest BCUT2D eigenvalue weighted by Crippen LogP contribution is -2.22. The molecule has 1 N–H and O–H groups in total. The molecule has 0 aliphatic heterocycles. The van der Waals surface area contributed by atoms with E-state index in [2.05, 4.69) is 25.1 Å². The number of hydrogen-bond acceptors (Lipinski definition) is 6. The van der Waals surface area contributed by atoms with Crippen LogP contribution in [0.15, 0.2) is 79.0 Å². The van der Waals surface area contributed by atoms with Crippen molar-refractivity contribution in [3.8, 4) is 17.3 Å². The fourth-order valence-electron chi connectivity index (χ4n) is 2.92. The monoisotopic (exact) mass is 439 g/mol. The van der Waals surface area contributed by atoms with Crippen molar-refractivity contribution >= 4 is 11.9 Å². The zero-order valence-corrected chi connectivity index (χ0v) is 16.5. The van der Waals surface area contributed by atoms with Gasteiger partial charge in [0.2, 0.25) is 11.8 Å². The van der Waals surface area contributed by atoms with E-state index in [9.17, 15) is 18.0 Å². The molecule has 0 fully saturated rings. The average molecular weight is 439 g/mol. The highest BCUT2D eigenvalue weighted by Gasteiger charge is 2.33. The standard InChI is InChI=1S/C22H16F3N5O2/c23-22(24,25)32-18-12-5-4-10-16(18)20(31)30-21(27-14-15-8-2-1-3-9-15)28-19(29-30)17-11-6-7-13-26-17/h1-13H,14H2,(H,27,28,29). The molecule has 0 aliphatic rings. The van der Waals surface area contributed by atoms with Gasteiger partial charge < -0.3 is 10.1 Å². The number of halogens is 3. The molecule has 32 heavy (non-hydrogen) atoms. The predicted molar refractivity (Wildman–Crippen MR) is 110 cm³/mol. The van der Waals surface area contributed by atoms with Gasteiger partial charge in [-0.1, -0.05) is 48.5 Å². The molecular weight excluding hydrogens is 423 g/mol. The fraction of sp³-hybridized carbons (Fsp3) is 0.0909. The lowest BCUT2D eigenvalue weighted by molar-refractivity contribution is -0.274. The number of rotatable bonds is 6. The Morgan fingerprint density at radius 3 is 2.41 bits per heavy atom. The Labute approximate surface area is 180 Å². The number of nitrogens with one attached hydrogen (secondary N) is 1. The van der Waals surface area contributed by atoms with E-state index in [1.54, 1.807) is 24.4 Å². The zero-order chi connectivity index (χ0) is 22.6. The number of alkyl halides is 3. The summed E-state index contributed by atoms with van der Waals surface area (Å²) in [6, 6.07) is 19.5. The number of anilines is 1. The Morgan fingerprint density at radius 1 is 0.969 bits per heavy atom. The summed E-state index contributed by atoms with van der Waals surface area (Å²) in [5.41, 5.74) is 1.00. The first-order valence-electron chi connectivity index (χ1n) is 9.46. The number of carbonyl (C=O) groups excluding carboxylic acids is 1. The first kappa shape index (κ1) is 21.0. The van der Waals surface area contributed by atoms with Crippen molar-refractivity contribution in [1.29, 1.82) is 0 Å². The Balaban J connectivity index is 1.72. The first-order chi connectivity index (χ1) is 15.4. The van der Waals surface area contributed by atoms with Crippen molar-refractivity contribution < 1.29 is 22.7 Å². The molecular formula is C22H16F3N5O2. The minimum absolute atomic E-state index is 0.0568. The quantitative estimate of drug-likeness (QED) is 0.475. The van der Waals surface area contributed by atoms with E-state index in [0.29, 0.717) is 12.2 Å². The van der Waals surface area contributed by atoms with E-state index >= 15 is 0 Å². The molecule has 0 unspecified atom stereocenters. The lowest BCUT2D eigenvalue weighted by Gasteiger charge is -2.13. The van der Waals surface area contributed by atoms with Crippen molar-refractivity contribution in [3.63, 3.8) is 0 Å². The summed E-state index contributed by atoms with van der Waals surface area (Å²) >= 11 is 0. The largest absolute Gasteiger partial charge is 0.573 e. The second-order valence-electron chi connectivity index (χ2n) is 6.57.